The molecule has 11 rings (SSSR count). The van der Waals surface area contributed by atoms with Gasteiger partial charge in [0.2, 0.25) is 5.95 Å². The third kappa shape index (κ3) is 3.46. The second-order valence-corrected chi connectivity index (χ2v) is 13.2. The Balaban J connectivity index is 1.26. The van der Waals surface area contributed by atoms with Crippen LogP contribution in [0.2, 0.25) is 0 Å². The van der Waals surface area contributed by atoms with Crippen molar-refractivity contribution in [1.82, 2.24) is 9.97 Å². The van der Waals surface area contributed by atoms with E-state index in [0.717, 1.165) is 60.2 Å². The normalized spacial score (nSPS) is 12.6. The SMILES string of the molecule is c1ccc2c3c(ccc2c1)-c1cccc2cccc(c12)N3c1nc(-c2ccc3c(c2)oc2ccccc23)c2sc3ccccc3c2n1. The van der Waals surface area contributed by atoms with Crippen molar-refractivity contribution in [2.24, 2.45) is 0 Å². The number of benzene rings is 7. The Morgan fingerprint density at radius 1 is 0.553 bits per heavy atom. The van der Waals surface area contributed by atoms with Crippen LogP contribution in [0.15, 0.2) is 144 Å². The van der Waals surface area contributed by atoms with Crippen molar-refractivity contribution in [2.45, 2.75) is 0 Å². The molecule has 47 heavy (non-hydrogen) atoms. The molecule has 4 heterocycles. The predicted octanol–water partition coefficient (Wildman–Crippen LogP) is 12.2. The van der Waals surface area contributed by atoms with Gasteiger partial charge >= 0.3 is 0 Å². The summed E-state index contributed by atoms with van der Waals surface area (Å²) >= 11 is 1.75. The summed E-state index contributed by atoms with van der Waals surface area (Å²) in [6.45, 7) is 0. The van der Waals surface area contributed by atoms with E-state index in [-0.39, 0.29) is 0 Å². The van der Waals surface area contributed by atoms with Gasteiger partial charge in [-0.2, -0.15) is 0 Å². The van der Waals surface area contributed by atoms with Crippen molar-refractivity contribution >= 4 is 92.4 Å². The summed E-state index contributed by atoms with van der Waals surface area (Å²) in [4.78, 5) is 13.2. The van der Waals surface area contributed by atoms with Crippen LogP contribution in [-0.4, -0.2) is 9.97 Å². The maximum atomic E-state index is 6.35. The molecule has 0 N–H and O–H groups in total. The summed E-state index contributed by atoms with van der Waals surface area (Å²) in [7, 11) is 0. The molecule has 0 saturated carbocycles. The molecule has 1 aliphatic rings. The zero-order valence-corrected chi connectivity index (χ0v) is 25.8. The predicted molar refractivity (Wildman–Crippen MR) is 196 cm³/mol. The van der Waals surface area contributed by atoms with Crippen LogP contribution in [0.25, 0.3) is 86.2 Å². The summed E-state index contributed by atoms with van der Waals surface area (Å²) in [5.41, 5.74) is 9.20. The first kappa shape index (κ1) is 25.2. The highest BCUT2D eigenvalue weighted by Crippen LogP contribution is 2.53. The van der Waals surface area contributed by atoms with Crippen LogP contribution in [0.1, 0.15) is 0 Å². The minimum absolute atomic E-state index is 0.653. The van der Waals surface area contributed by atoms with E-state index in [4.69, 9.17) is 14.4 Å². The van der Waals surface area contributed by atoms with Crippen LogP contribution in [0.5, 0.6) is 0 Å². The molecule has 0 saturated heterocycles. The second kappa shape index (κ2) is 9.25. The Morgan fingerprint density at radius 3 is 2.26 bits per heavy atom. The van der Waals surface area contributed by atoms with E-state index in [0.29, 0.717) is 5.95 Å². The Morgan fingerprint density at radius 2 is 1.32 bits per heavy atom. The molecule has 3 aromatic heterocycles. The van der Waals surface area contributed by atoms with Gasteiger partial charge in [-0.15, -0.1) is 11.3 Å². The fourth-order valence-corrected chi connectivity index (χ4v) is 8.68. The summed E-state index contributed by atoms with van der Waals surface area (Å²) in [5.74, 6) is 0.653. The van der Waals surface area contributed by atoms with E-state index in [9.17, 15) is 0 Å². The number of furan rings is 1. The molecule has 7 aromatic carbocycles. The van der Waals surface area contributed by atoms with Gasteiger partial charge in [0.15, 0.2) is 0 Å². The second-order valence-electron chi connectivity index (χ2n) is 12.2. The monoisotopic (exact) mass is 617 g/mol. The molecule has 1 aliphatic heterocycles. The topological polar surface area (TPSA) is 42.2 Å². The molecule has 0 unspecified atom stereocenters. The molecule has 5 heteroatoms. The molecule has 0 aliphatic carbocycles. The van der Waals surface area contributed by atoms with E-state index in [1.54, 1.807) is 11.3 Å². The van der Waals surface area contributed by atoms with Crippen molar-refractivity contribution in [3.8, 4) is 22.4 Å². The minimum atomic E-state index is 0.653. The molecule has 0 bridgehead atoms. The van der Waals surface area contributed by atoms with E-state index in [2.05, 4.69) is 132 Å². The number of aromatic nitrogens is 2. The van der Waals surface area contributed by atoms with Gasteiger partial charge < -0.3 is 4.42 Å². The molecular formula is C42H23N3OS. The fraction of sp³-hybridized carbons (Fsp3) is 0. The lowest BCUT2D eigenvalue weighted by Crippen LogP contribution is -2.18. The van der Waals surface area contributed by atoms with Crippen molar-refractivity contribution in [3.63, 3.8) is 0 Å². The Labute approximate surface area is 272 Å². The molecule has 0 radical (unpaired) electrons. The summed E-state index contributed by atoms with van der Waals surface area (Å²) in [5, 5.41) is 8.11. The molecule has 0 fully saturated rings. The molecule has 10 aromatic rings. The molecule has 0 spiro atoms. The fourth-order valence-electron chi connectivity index (χ4n) is 7.52. The van der Waals surface area contributed by atoms with Crippen molar-refractivity contribution in [2.75, 3.05) is 4.90 Å². The lowest BCUT2D eigenvalue weighted by atomic mass is 9.89. The molecular weight excluding hydrogens is 595 g/mol. The van der Waals surface area contributed by atoms with Gasteiger partial charge in [0.1, 0.15) is 11.2 Å². The first-order chi connectivity index (χ1) is 23.3. The average molecular weight is 618 g/mol. The third-order valence-electron chi connectivity index (χ3n) is 9.60. The maximum absolute atomic E-state index is 6.35. The number of fused-ring (bicyclic) bond motifs is 10. The van der Waals surface area contributed by atoms with Crippen molar-refractivity contribution < 1.29 is 4.42 Å². The van der Waals surface area contributed by atoms with Gasteiger partial charge in [-0.05, 0) is 46.7 Å². The lowest BCUT2D eigenvalue weighted by molar-refractivity contribution is 0.669. The van der Waals surface area contributed by atoms with Crippen LogP contribution in [0, 0.1) is 0 Å². The van der Waals surface area contributed by atoms with Gasteiger partial charge in [0.25, 0.3) is 0 Å². The largest absolute Gasteiger partial charge is 0.456 e. The van der Waals surface area contributed by atoms with E-state index < -0.39 is 0 Å². The highest BCUT2D eigenvalue weighted by Gasteiger charge is 2.30. The van der Waals surface area contributed by atoms with Crippen LogP contribution in [0.3, 0.4) is 0 Å². The van der Waals surface area contributed by atoms with Gasteiger partial charge in [0, 0.05) is 42.8 Å². The number of nitrogens with zero attached hydrogens (tertiary/aromatic N) is 3. The number of rotatable bonds is 2. The first-order valence-corrected chi connectivity index (χ1v) is 16.6. The van der Waals surface area contributed by atoms with Crippen molar-refractivity contribution in [3.05, 3.63) is 140 Å². The number of anilines is 3. The molecule has 0 atom stereocenters. The molecule has 0 amide bonds. The Kier molecular flexibility index (Phi) is 4.96. The third-order valence-corrected chi connectivity index (χ3v) is 10.8. The van der Waals surface area contributed by atoms with E-state index >= 15 is 0 Å². The zero-order valence-electron chi connectivity index (χ0n) is 24.9. The van der Waals surface area contributed by atoms with E-state index in [1.165, 1.54) is 37.4 Å². The summed E-state index contributed by atoms with van der Waals surface area (Å²) < 4.78 is 8.61. The quantitative estimate of drug-likeness (QED) is 0.194. The smallest absolute Gasteiger partial charge is 0.235 e. The number of hydrogen-bond donors (Lipinski definition) is 0. The van der Waals surface area contributed by atoms with Gasteiger partial charge in [-0.1, -0.05) is 109 Å². The Hall–Kier alpha value is -6.04. The van der Waals surface area contributed by atoms with Gasteiger partial charge in [-0.3, -0.25) is 4.90 Å². The Bertz CT molecular complexity index is 2930. The van der Waals surface area contributed by atoms with Gasteiger partial charge in [-0.25, -0.2) is 9.97 Å². The standard InChI is InChI=1S/C42H23N3OS/c1-2-12-27-24(9-1)19-22-31-30-15-7-10-25-11-8-16-33(37(25)30)45(40(27)31)42-43-38(41-39(44-42)32-14-4-6-18-36(32)47-41)26-20-21-29-28-13-3-5-17-34(28)46-35(29)23-26/h1-23H. The maximum Gasteiger partial charge on any atom is 0.235 e. The number of thiophene rings is 1. The summed E-state index contributed by atoms with van der Waals surface area (Å²) in [6.07, 6.45) is 0. The molecule has 218 valence electrons. The van der Waals surface area contributed by atoms with Crippen LogP contribution >= 0.6 is 11.3 Å². The highest BCUT2D eigenvalue weighted by molar-refractivity contribution is 7.26. The highest BCUT2D eigenvalue weighted by atomic mass is 32.1. The van der Waals surface area contributed by atoms with E-state index in [1.807, 2.05) is 12.1 Å². The van der Waals surface area contributed by atoms with Crippen LogP contribution in [-0.2, 0) is 0 Å². The van der Waals surface area contributed by atoms with Crippen LogP contribution < -0.4 is 4.90 Å². The van der Waals surface area contributed by atoms with Gasteiger partial charge in [0.05, 0.1) is 27.3 Å². The average Bonchev–Trinajstić information content (AvgIpc) is 3.69. The summed E-state index contributed by atoms with van der Waals surface area (Å²) in [6, 6.07) is 49.4. The van der Waals surface area contributed by atoms with Crippen LogP contribution in [0.4, 0.5) is 17.3 Å². The minimum Gasteiger partial charge on any atom is -0.456 e. The first-order valence-electron chi connectivity index (χ1n) is 15.8. The number of para-hydroxylation sites is 1. The molecule has 4 nitrogen and oxygen atoms in total. The van der Waals surface area contributed by atoms with Crippen molar-refractivity contribution in [1.29, 1.82) is 0 Å². The lowest BCUT2D eigenvalue weighted by Gasteiger charge is -2.33. The zero-order chi connectivity index (χ0) is 30.6. The number of hydrogen-bond acceptors (Lipinski definition) is 5.